The number of hydrogen-bond acceptors (Lipinski definition) is 5. The van der Waals surface area contributed by atoms with Crippen LogP contribution in [0.3, 0.4) is 0 Å². The van der Waals surface area contributed by atoms with Crippen molar-refractivity contribution in [3.05, 3.63) is 21.4 Å². The van der Waals surface area contributed by atoms with Crippen molar-refractivity contribution < 1.29 is 4.74 Å². The zero-order valence-corrected chi connectivity index (χ0v) is 12.4. The van der Waals surface area contributed by atoms with Gasteiger partial charge in [-0.3, -0.25) is 4.99 Å². The molecule has 1 aromatic rings. The molecule has 0 spiro atoms. The molecule has 1 saturated heterocycles. The van der Waals surface area contributed by atoms with Crippen molar-refractivity contribution in [1.29, 1.82) is 0 Å². The van der Waals surface area contributed by atoms with Crippen LogP contribution in [-0.2, 0) is 4.74 Å². The van der Waals surface area contributed by atoms with Gasteiger partial charge in [-0.25, -0.2) is 0 Å². The first-order valence-electron chi connectivity index (χ1n) is 6.90. The van der Waals surface area contributed by atoms with Crippen LogP contribution in [0, 0.1) is 13.8 Å². The first-order valence-corrected chi connectivity index (χ1v) is 7.72. The molecule has 4 nitrogen and oxygen atoms in total. The summed E-state index contributed by atoms with van der Waals surface area (Å²) in [6.07, 6.45) is 2.61. The highest BCUT2D eigenvalue weighted by atomic mass is 32.1. The Balaban J connectivity index is 1.79. The van der Waals surface area contributed by atoms with Crippen LogP contribution in [0.5, 0.6) is 0 Å². The van der Waals surface area contributed by atoms with Gasteiger partial charge < -0.3 is 15.4 Å². The van der Waals surface area contributed by atoms with Gasteiger partial charge in [0.25, 0.3) is 0 Å². The van der Waals surface area contributed by atoms with E-state index in [0.717, 1.165) is 32.5 Å². The van der Waals surface area contributed by atoms with Crippen molar-refractivity contribution in [2.45, 2.75) is 38.8 Å². The van der Waals surface area contributed by atoms with E-state index >= 15 is 0 Å². The van der Waals surface area contributed by atoms with Crippen LogP contribution in [-0.4, -0.2) is 36.7 Å². The van der Waals surface area contributed by atoms with Crippen molar-refractivity contribution in [2.75, 3.05) is 19.7 Å². The van der Waals surface area contributed by atoms with E-state index in [9.17, 15) is 0 Å². The van der Waals surface area contributed by atoms with Crippen molar-refractivity contribution >= 4 is 17.3 Å². The summed E-state index contributed by atoms with van der Waals surface area (Å²) < 4.78 is 5.73. The first-order chi connectivity index (χ1) is 9.15. The molecule has 3 rings (SSSR count). The molecule has 1 aromatic heterocycles. The molecule has 2 aliphatic rings. The smallest absolute Gasteiger partial charge is 0.192 e. The van der Waals surface area contributed by atoms with E-state index in [1.807, 2.05) is 11.3 Å². The molecule has 0 radical (unpaired) electrons. The van der Waals surface area contributed by atoms with Crippen LogP contribution in [0.15, 0.2) is 11.1 Å². The number of guanidine groups is 1. The summed E-state index contributed by atoms with van der Waals surface area (Å²) in [5.74, 6) is 0.670. The third-order valence-corrected chi connectivity index (χ3v) is 4.94. The van der Waals surface area contributed by atoms with Crippen LogP contribution in [0.4, 0.5) is 0 Å². The lowest BCUT2D eigenvalue weighted by molar-refractivity contribution is 0.0852. The molecule has 2 atom stereocenters. The van der Waals surface area contributed by atoms with Crippen LogP contribution >= 0.6 is 11.3 Å². The molecule has 1 fully saturated rings. The highest BCUT2D eigenvalue weighted by Crippen LogP contribution is 2.33. The monoisotopic (exact) mass is 279 g/mol. The quantitative estimate of drug-likeness (QED) is 0.923. The predicted octanol–water partition coefficient (Wildman–Crippen LogP) is 2.22. The van der Waals surface area contributed by atoms with Gasteiger partial charge in [-0.05, 0) is 38.3 Å². The molecule has 2 N–H and O–H groups in total. The summed E-state index contributed by atoms with van der Waals surface area (Å²) >= 11 is 1.85. The van der Waals surface area contributed by atoms with Gasteiger partial charge in [0.2, 0.25) is 0 Å². The lowest BCUT2D eigenvalue weighted by Gasteiger charge is -2.28. The minimum Gasteiger partial charge on any atom is -0.376 e. The average Bonchev–Trinajstić information content (AvgIpc) is 3.05. The molecular formula is C14H21N3OS. The molecule has 2 unspecified atom stereocenters. The Kier molecular flexibility index (Phi) is 3.50. The summed E-state index contributed by atoms with van der Waals surface area (Å²) in [6.45, 7) is 6.87. The summed E-state index contributed by atoms with van der Waals surface area (Å²) in [7, 11) is 0. The fourth-order valence-corrected chi connectivity index (χ4v) is 3.99. The third kappa shape index (κ3) is 2.49. The van der Waals surface area contributed by atoms with E-state index < -0.39 is 0 Å². The van der Waals surface area contributed by atoms with E-state index in [0.29, 0.717) is 18.1 Å². The second-order valence-corrected chi connectivity index (χ2v) is 6.83. The highest BCUT2D eigenvalue weighted by molar-refractivity contribution is 7.12. The molecule has 0 aromatic carbocycles. The topological polar surface area (TPSA) is 50.8 Å². The number of ether oxygens (including phenoxy) is 1. The van der Waals surface area contributed by atoms with Crippen LogP contribution in [0.2, 0.25) is 0 Å². The number of rotatable bonds is 3. The van der Waals surface area contributed by atoms with Crippen molar-refractivity contribution in [3.63, 3.8) is 0 Å². The van der Waals surface area contributed by atoms with E-state index in [2.05, 4.69) is 29.8 Å². The second kappa shape index (κ2) is 5.13. The van der Waals surface area contributed by atoms with E-state index in [4.69, 9.17) is 10.5 Å². The summed E-state index contributed by atoms with van der Waals surface area (Å²) in [5, 5.41) is 0. The zero-order chi connectivity index (χ0) is 13.4. The van der Waals surface area contributed by atoms with Gasteiger partial charge in [0.15, 0.2) is 5.96 Å². The minimum atomic E-state index is 0.300. The Morgan fingerprint density at radius 3 is 3.00 bits per heavy atom. The fourth-order valence-electron chi connectivity index (χ4n) is 3.01. The van der Waals surface area contributed by atoms with E-state index in [1.165, 1.54) is 15.3 Å². The molecule has 104 valence electrons. The summed E-state index contributed by atoms with van der Waals surface area (Å²) in [6, 6.07) is 2.58. The Hall–Kier alpha value is -1.07. The molecule has 0 saturated carbocycles. The maximum Gasteiger partial charge on any atom is 0.192 e. The molecule has 3 heterocycles. The van der Waals surface area contributed by atoms with Gasteiger partial charge in [-0.15, -0.1) is 11.3 Å². The number of thiophene rings is 1. The van der Waals surface area contributed by atoms with Crippen molar-refractivity contribution in [1.82, 2.24) is 4.90 Å². The molecular weight excluding hydrogens is 258 g/mol. The average molecular weight is 279 g/mol. The van der Waals surface area contributed by atoms with Crippen LogP contribution < -0.4 is 5.73 Å². The number of aliphatic imine (C=N–C) groups is 1. The molecule has 0 bridgehead atoms. The predicted molar refractivity (Wildman–Crippen MR) is 78.7 cm³/mol. The number of hydrogen-bond donors (Lipinski definition) is 1. The number of nitrogens with two attached hydrogens (primary N) is 1. The number of nitrogens with zero attached hydrogens (tertiary/aromatic N) is 2. The molecule has 5 heteroatoms. The number of aryl methyl sites for hydroxylation is 2. The van der Waals surface area contributed by atoms with Gasteiger partial charge in [-0.2, -0.15) is 0 Å². The Bertz CT molecular complexity index is 491. The van der Waals surface area contributed by atoms with E-state index in [-0.39, 0.29) is 0 Å². The molecule has 2 aliphatic heterocycles. The maximum absolute atomic E-state index is 6.07. The van der Waals surface area contributed by atoms with Crippen LogP contribution in [0.25, 0.3) is 0 Å². The summed E-state index contributed by atoms with van der Waals surface area (Å²) in [5.41, 5.74) is 7.44. The van der Waals surface area contributed by atoms with Gasteiger partial charge in [-0.1, -0.05) is 0 Å². The Morgan fingerprint density at radius 1 is 1.53 bits per heavy atom. The first kappa shape index (κ1) is 12.9. The lowest BCUT2D eigenvalue weighted by atomic mass is 10.1. The highest BCUT2D eigenvalue weighted by Gasteiger charge is 2.32. The fraction of sp³-hybridized carbons (Fsp3) is 0.643. The van der Waals surface area contributed by atoms with Gasteiger partial charge >= 0.3 is 0 Å². The molecule has 19 heavy (non-hydrogen) atoms. The van der Waals surface area contributed by atoms with Gasteiger partial charge in [0.05, 0.1) is 18.7 Å². The maximum atomic E-state index is 6.07. The van der Waals surface area contributed by atoms with Crippen LogP contribution in [0.1, 0.15) is 34.2 Å². The minimum absolute atomic E-state index is 0.300. The Labute approximate surface area is 118 Å². The van der Waals surface area contributed by atoms with Crippen molar-refractivity contribution in [2.24, 2.45) is 10.7 Å². The second-order valence-electron chi connectivity index (χ2n) is 5.37. The molecule has 0 amide bonds. The lowest BCUT2D eigenvalue weighted by Crippen LogP contribution is -2.41. The van der Waals surface area contributed by atoms with Gasteiger partial charge in [0, 0.05) is 22.9 Å². The zero-order valence-electron chi connectivity index (χ0n) is 11.6. The van der Waals surface area contributed by atoms with Crippen molar-refractivity contribution in [3.8, 4) is 0 Å². The van der Waals surface area contributed by atoms with Gasteiger partial charge in [0.1, 0.15) is 0 Å². The normalized spacial score (nSPS) is 27.1. The summed E-state index contributed by atoms with van der Waals surface area (Å²) in [4.78, 5) is 9.40. The standard InChI is InChI=1S/C14H21N3OS/c1-9-6-12(10(2)19-9)13-7-16-14(15)17(13)8-11-4-3-5-18-11/h6,11,13H,3-5,7-8H2,1-2H3,(H2,15,16). The Morgan fingerprint density at radius 2 is 2.37 bits per heavy atom. The SMILES string of the molecule is Cc1cc(C2CN=C(N)N2CC2CCCO2)c(C)s1. The third-order valence-electron chi connectivity index (χ3n) is 3.96. The largest absolute Gasteiger partial charge is 0.376 e. The molecule has 0 aliphatic carbocycles. The van der Waals surface area contributed by atoms with E-state index in [1.54, 1.807) is 0 Å².